The summed E-state index contributed by atoms with van der Waals surface area (Å²) in [4.78, 5) is 25.0. The molecule has 0 bridgehead atoms. The Morgan fingerprint density at radius 3 is 2.46 bits per heavy atom. The third kappa shape index (κ3) is 4.03. The SMILES string of the molecule is COc1ccccc1CNC(=O)c1nn(-c2ccc(C)cc2)c(OC)cc1=O. The highest BCUT2D eigenvalue weighted by Crippen LogP contribution is 2.17. The predicted molar refractivity (Wildman–Crippen MR) is 105 cm³/mol. The first-order valence-electron chi connectivity index (χ1n) is 8.69. The van der Waals surface area contributed by atoms with Crippen LogP contribution in [0.1, 0.15) is 21.6 Å². The summed E-state index contributed by atoms with van der Waals surface area (Å²) in [6.07, 6.45) is 0. The lowest BCUT2D eigenvalue weighted by Crippen LogP contribution is -2.31. The minimum Gasteiger partial charge on any atom is -0.496 e. The average Bonchev–Trinajstić information content (AvgIpc) is 2.72. The number of hydrogen-bond donors (Lipinski definition) is 1. The normalized spacial score (nSPS) is 10.4. The lowest BCUT2D eigenvalue weighted by molar-refractivity contribution is 0.0942. The minimum absolute atomic E-state index is 0.209. The van der Waals surface area contributed by atoms with Crippen LogP contribution in [0.15, 0.2) is 59.4 Å². The molecule has 0 fully saturated rings. The van der Waals surface area contributed by atoms with Crippen LogP contribution in [0.4, 0.5) is 0 Å². The van der Waals surface area contributed by atoms with Gasteiger partial charge in [0.1, 0.15) is 5.75 Å². The molecular weight excluding hydrogens is 358 g/mol. The standard InChI is InChI=1S/C21H21N3O4/c1-14-8-10-16(11-9-14)24-19(28-3)12-17(25)20(23-24)21(26)22-13-15-6-4-5-7-18(15)27-2/h4-12H,13H2,1-3H3,(H,22,26). The highest BCUT2D eigenvalue weighted by atomic mass is 16.5. The third-order valence-corrected chi connectivity index (χ3v) is 4.23. The maximum absolute atomic E-state index is 12.6. The van der Waals surface area contributed by atoms with Crippen LogP contribution in [0.25, 0.3) is 5.69 Å². The summed E-state index contributed by atoms with van der Waals surface area (Å²) in [7, 11) is 3.01. The van der Waals surface area contributed by atoms with E-state index < -0.39 is 11.3 Å². The van der Waals surface area contributed by atoms with Gasteiger partial charge >= 0.3 is 0 Å². The molecule has 0 unspecified atom stereocenters. The van der Waals surface area contributed by atoms with Crippen LogP contribution in [-0.2, 0) is 6.54 Å². The third-order valence-electron chi connectivity index (χ3n) is 4.23. The van der Waals surface area contributed by atoms with Crippen molar-refractivity contribution in [2.24, 2.45) is 0 Å². The Kier molecular flexibility index (Phi) is 5.74. The van der Waals surface area contributed by atoms with E-state index >= 15 is 0 Å². The second-order valence-corrected chi connectivity index (χ2v) is 6.14. The molecule has 0 aliphatic heterocycles. The lowest BCUT2D eigenvalue weighted by Gasteiger charge is -2.13. The van der Waals surface area contributed by atoms with Crippen molar-refractivity contribution < 1.29 is 14.3 Å². The van der Waals surface area contributed by atoms with Crippen LogP contribution >= 0.6 is 0 Å². The highest BCUT2D eigenvalue weighted by molar-refractivity contribution is 5.92. The van der Waals surface area contributed by atoms with E-state index in [0.717, 1.165) is 11.1 Å². The van der Waals surface area contributed by atoms with Crippen LogP contribution in [-0.4, -0.2) is 29.9 Å². The molecule has 0 spiro atoms. The van der Waals surface area contributed by atoms with E-state index in [1.165, 1.54) is 17.9 Å². The number of para-hydroxylation sites is 1. The number of ether oxygens (including phenoxy) is 2. The van der Waals surface area contributed by atoms with Crippen molar-refractivity contribution in [1.82, 2.24) is 15.1 Å². The summed E-state index contributed by atoms with van der Waals surface area (Å²) in [5.41, 5.74) is 1.83. The first-order chi connectivity index (χ1) is 13.5. The maximum atomic E-state index is 12.6. The van der Waals surface area contributed by atoms with E-state index in [2.05, 4.69) is 10.4 Å². The fourth-order valence-electron chi connectivity index (χ4n) is 2.72. The molecule has 144 valence electrons. The molecule has 7 nitrogen and oxygen atoms in total. The number of rotatable bonds is 6. The van der Waals surface area contributed by atoms with E-state index in [-0.39, 0.29) is 18.1 Å². The van der Waals surface area contributed by atoms with Gasteiger partial charge in [0.15, 0.2) is 5.69 Å². The van der Waals surface area contributed by atoms with Gasteiger partial charge in [-0.25, -0.2) is 4.68 Å². The van der Waals surface area contributed by atoms with E-state index in [0.29, 0.717) is 11.4 Å². The number of benzene rings is 2. The molecule has 0 atom stereocenters. The number of hydrogen-bond acceptors (Lipinski definition) is 5. The first kappa shape index (κ1) is 19.2. The molecule has 1 N–H and O–H groups in total. The van der Waals surface area contributed by atoms with Crippen LogP contribution < -0.4 is 20.2 Å². The van der Waals surface area contributed by atoms with Crippen LogP contribution in [0.5, 0.6) is 11.6 Å². The van der Waals surface area contributed by atoms with Gasteiger partial charge in [-0.1, -0.05) is 35.9 Å². The summed E-state index contributed by atoms with van der Waals surface area (Å²) >= 11 is 0. The van der Waals surface area contributed by atoms with Crippen molar-refractivity contribution >= 4 is 5.91 Å². The van der Waals surface area contributed by atoms with Crippen molar-refractivity contribution in [1.29, 1.82) is 0 Å². The predicted octanol–water partition coefficient (Wildman–Crippen LogP) is 2.49. The van der Waals surface area contributed by atoms with Crippen molar-refractivity contribution in [3.8, 4) is 17.3 Å². The van der Waals surface area contributed by atoms with Crippen molar-refractivity contribution in [3.63, 3.8) is 0 Å². The molecule has 3 aromatic rings. The van der Waals surface area contributed by atoms with E-state index in [9.17, 15) is 9.59 Å². The first-order valence-corrected chi connectivity index (χ1v) is 8.69. The summed E-state index contributed by atoms with van der Waals surface area (Å²) in [5, 5.41) is 6.95. The van der Waals surface area contributed by atoms with Gasteiger partial charge in [0.25, 0.3) is 5.91 Å². The van der Waals surface area contributed by atoms with Crippen LogP contribution in [0, 0.1) is 6.92 Å². The number of aryl methyl sites for hydroxylation is 1. The molecule has 0 aliphatic rings. The quantitative estimate of drug-likeness (QED) is 0.712. The van der Waals surface area contributed by atoms with E-state index in [1.807, 2.05) is 49.4 Å². The monoisotopic (exact) mass is 379 g/mol. The number of nitrogens with one attached hydrogen (secondary N) is 1. The summed E-state index contributed by atoms with van der Waals surface area (Å²) in [6.45, 7) is 2.18. The number of methoxy groups -OCH3 is 2. The lowest BCUT2D eigenvalue weighted by atomic mass is 10.2. The Balaban J connectivity index is 1.90. The smallest absolute Gasteiger partial charge is 0.276 e. The summed E-state index contributed by atoms with van der Waals surface area (Å²) in [6, 6.07) is 16.1. The zero-order valence-electron chi connectivity index (χ0n) is 15.9. The van der Waals surface area contributed by atoms with Gasteiger partial charge in [-0.3, -0.25) is 9.59 Å². The molecular formula is C21H21N3O4. The van der Waals surface area contributed by atoms with E-state index in [1.54, 1.807) is 13.2 Å². The average molecular weight is 379 g/mol. The van der Waals surface area contributed by atoms with Gasteiger partial charge in [0.05, 0.1) is 26.0 Å². The van der Waals surface area contributed by atoms with Gasteiger partial charge < -0.3 is 14.8 Å². The maximum Gasteiger partial charge on any atom is 0.276 e. The molecule has 1 heterocycles. The van der Waals surface area contributed by atoms with Gasteiger partial charge in [-0.2, -0.15) is 5.10 Å². The summed E-state index contributed by atoms with van der Waals surface area (Å²) < 4.78 is 12.0. The number of amides is 1. The van der Waals surface area contributed by atoms with Crippen molar-refractivity contribution in [2.45, 2.75) is 13.5 Å². The molecule has 0 saturated carbocycles. The molecule has 2 aromatic carbocycles. The van der Waals surface area contributed by atoms with Gasteiger partial charge in [0, 0.05) is 12.1 Å². The second kappa shape index (κ2) is 8.39. The van der Waals surface area contributed by atoms with Gasteiger partial charge in [-0.15, -0.1) is 0 Å². The largest absolute Gasteiger partial charge is 0.496 e. The molecule has 1 aromatic heterocycles. The van der Waals surface area contributed by atoms with Crippen LogP contribution in [0.3, 0.4) is 0 Å². The zero-order chi connectivity index (χ0) is 20.1. The molecule has 1 amide bonds. The number of nitrogens with zero attached hydrogens (tertiary/aromatic N) is 2. The Labute approximate surface area is 162 Å². The Morgan fingerprint density at radius 1 is 1.07 bits per heavy atom. The molecule has 28 heavy (non-hydrogen) atoms. The van der Waals surface area contributed by atoms with Crippen molar-refractivity contribution in [3.05, 3.63) is 81.6 Å². The van der Waals surface area contributed by atoms with Crippen molar-refractivity contribution in [2.75, 3.05) is 14.2 Å². The highest BCUT2D eigenvalue weighted by Gasteiger charge is 2.17. The second-order valence-electron chi connectivity index (χ2n) is 6.14. The van der Waals surface area contributed by atoms with E-state index in [4.69, 9.17) is 9.47 Å². The molecule has 0 saturated heterocycles. The van der Waals surface area contributed by atoms with Gasteiger partial charge in [0.2, 0.25) is 11.3 Å². The number of aromatic nitrogens is 2. The number of carbonyl (C=O) groups excluding carboxylic acids is 1. The topological polar surface area (TPSA) is 82.4 Å². The Morgan fingerprint density at radius 2 is 1.79 bits per heavy atom. The number of carbonyl (C=O) groups is 1. The Bertz CT molecular complexity index is 1040. The Hall–Kier alpha value is -3.61. The van der Waals surface area contributed by atoms with Gasteiger partial charge in [-0.05, 0) is 25.1 Å². The fourth-order valence-corrected chi connectivity index (χ4v) is 2.72. The molecule has 3 rings (SSSR count). The summed E-state index contributed by atoms with van der Waals surface area (Å²) in [5.74, 6) is 0.331. The molecule has 0 aliphatic carbocycles. The minimum atomic E-state index is -0.570. The molecule has 7 heteroatoms. The van der Waals surface area contributed by atoms with Crippen LogP contribution in [0.2, 0.25) is 0 Å². The zero-order valence-corrected chi connectivity index (χ0v) is 15.9. The fraction of sp³-hybridized carbons (Fsp3) is 0.190. The molecule has 0 radical (unpaired) electrons.